The second kappa shape index (κ2) is 20.7. The molecule has 0 atom stereocenters. The first-order valence-electron chi connectivity index (χ1n) is 13.3. The van der Waals surface area contributed by atoms with Crippen LogP contribution >= 0.6 is 23.2 Å². The number of aromatic nitrogens is 2. The molecule has 0 unspecified atom stereocenters. The van der Waals surface area contributed by atoms with Crippen molar-refractivity contribution in [3.63, 3.8) is 0 Å². The molecule has 0 radical (unpaired) electrons. The quantitative estimate of drug-likeness (QED) is 0.151. The summed E-state index contributed by atoms with van der Waals surface area (Å²) >= 11 is 11.4. The maximum Gasteiger partial charge on any atom is 0.416 e. The van der Waals surface area contributed by atoms with Gasteiger partial charge >= 0.3 is 6.18 Å². The van der Waals surface area contributed by atoms with E-state index in [9.17, 15) is 18.0 Å². The van der Waals surface area contributed by atoms with Gasteiger partial charge in [0.1, 0.15) is 11.6 Å². The number of nitrogens with zero attached hydrogens (tertiary/aromatic N) is 2. The van der Waals surface area contributed by atoms with Crippen LogP contribution in [0.15, 0.2) is 54.9 Å². The topological polar surface area (TPSA) is 157 Å². The molecule has 232 valence electrons. The Labute approximate surface area is 254 Å². The van der Waals surface area contributed by atoms with Crippen molar-refractivity contribution in [1.82, 2.24) is 15.3 Å². The van der Waals surface area contributed by atoms with Crippen molar-refractivity contribution in [1.29, 1.82) is 0 Å². The SMILES string of the molecule is Cc1cc(C(=O)NCCCNc2ccc(Cl)cn2)cc(C(F)(F)F)c1.NCCCN.NCCCNc1ccc(Cl)cn1. The van der Waals surface area contributed by atoms with E-state index < -0.39 is 17.6 Å². The molecule has 2 heterocycles. The van der Waals surface area contributed by atoms with Gasteiger partial charge in [0.25, 0.3) is 5.91 Å². The molecule has 0 fully saturated rings. The van der Waals surface area contributed by atoms with Gasteiger partial charge in [0.2, 0.25) is 0 Å². The van der Waals surface area contributed by atoms with Gasteiger partial charge in [-0.2, -0.15) is 13.2 Å². The molecule has 0 saturated heterocycles. The lowest BCUT2D eigenvalue weighted by Crippen LogP contribution is -2.26. The summed E-state index contributed by atoms with van der Waals surface area (Å²) in [7, 11) is 0. The van der Waals surface area contributed by atoms with Gasteiger partial charge in [-0.05, 0) is 93.8 Å². The Kier molecular flexibility index (Phi) is 18.1. The van der Waals surface area contributed by atoms with Gasteiger partial charge in [-0.25, -0.2) is 9.97 Å². The highest BCUT2D eigenvalue weighted by Gasteiger charge is 2.31. The predicted octanol–water partition coefficient (Wildman–Crippen LogP) is 5.08. The van der Waals surface area contributed by atoms with Gasteiger partial charge < -0.3 is 33.2 Å². The van der Waals surface area contributed by atoms with Gasteiger partial charge in [0.05, 0.1) is 15.6 Å². The molecule has 9 N–H and O–H groups in total. The van der Waals surface area contributed by atoms with Crippen LogP contribution in [0.2, 0.25) is 10.0 Å². The zero-order chi connectivity index (χ0) is 31.4. The summed E-state index contributed by atoms with van der Waals surface area (Å²) in [6.45, 7) is 5.39. The number of aryl methyl sites for hydroxylation is 1. The number of benzene rings is 1. The minimum atomic E-state index is -4.48. The Bertz CT molecular complexity index is 1170. The molecule has 9 nitrogen and oxygen atoms in total. The second-order valence-electron chi connectivity index (χ2n) is 8.84. The van der Waals surface area contributed by atoms with E-state index in [1.54, 1.807) is 24.4 Å². The lowest BCUT2D eigenvalue weighted by Gasteiger charge is -2.11. The van der Waals surface area contributed by atoms with Crippen LogP contribution in [0.3, 0.4) is 0 Å². The normalized spacial score (nSPS) is 10.5. The van der Waals surface area contributed by atoms with Gasteiger partial charge in [-0.3, -0.25) is 4.79 Å². The Morgan fingerprint density at radius 2 is 1.31 bits per heavy atom. The van der Waals surface area contributed by atoms with Gasteiger partial charge in [0, 0.05) is 37.6 Å². The average Bonchev–Trinajstić information content (AvgIpc) is 2.95. The van der Waals surface area contributed by atoms with E-state index in [0.29, 0.717) is 47.5 Å². The van der Waals surface area contributed by atoms with Crippen LogP contribution in [0.25, 0.3) is 0 Å². The fourth-order valence-electron chi connectivity index (χ4n) is 3.08. The van der Waals surface area contributed by atoms with E-state index >= 15 is 0 Å². The number of carbonyl (C=O) groups is 1. The first kappa shape index (κ1) is 36.9. The standard InChI is InChI=1S/C17H17ClF3N3O.C8H12ClN3.C3H10N2/c1-11-7-12(9-13(8-11)17(19,20)21)16(25)23-6-2-5-22-15-4-3-14(18)10-24-15;9-7-2-3-8(12-6-7)11-5-1-4-10;4-2-1-3-5/h3-4,7-10H,2,5-6H2,1H3,(H,22,24)(H,23,25);2-3,6H,1,4-5,10H2,(H,11,12);1-5H2. The molecule has 0 aliphatic rings. The van der Waals surface area contributed by atoms with E-state index in [2.05, 4.69) is 25.9 Å². The van der Waals surface area contributed by atoms with E-state index in [0.717, 1.165) is 50.4 Å². The minimum Gasteiger partial charge on any atom is -0.370 e. The first-order valence-corrected chi connectivity index (χ1v) is 14.0. The predicted molar refractivity (Wildman–Crippen MR) is 165 cm³/mol. The van der Waals surface area contributed by atoms with Crippen molar-refractivity contribution in [3.8, 4) is 0 Å². The number of pyridine rings is 2. The molecule has 3 aromatic rings. The average molecular weight is 632 g/mol. The first-order chi connectivity index (χ1) is 20.0. The molecule has 0 aliphatic heterocycles. The summed E-state index contributed by atoms with van der Waals surface area (Å²) in [5, 5.41) is 9.98. The molecular weight excluding hydrogens is 592 g/mol. The lowest BCUT2D eigenvalue weighted by atomic mass is 10.1. The Morgan fingerprint density at radius 3 is 1.74 bits per heavy atom. The third-order valence-electron chi connectivity index (χ3n) is 5.16. The van der Waals surface area contributed by atoms with Crippen LogP contribution in [0, 0.1) is 6.92 Å². The summed E-state index contributed by atoms with van der Waals surface area (Å²) in [5.74, 6) is 0.968. The molecule has 0 saturated carbocycles. The number of hydrogen-bond donors (Lipinski definition) is 6. The molecule has 3 rings (SSSR count). The fraction of sp³-hybridized carbons (Fsp3) is 0.393. The van der Waals surface area contributed by atoms with Crippen molar-refractivity contribution >= 4 is 40.7 Å². The number of amides is 1. The van der Waals surface area contributed by atoms with Crippen LogP contribution in [0.1, 0.15) is 40.7 Å². The Balaban J connectivity index is 0.000000428. The van der Waals surface area contributed by atoms with E-state index in [-0.39, 0.29) is 5.56 Å². The highest BCUT2D eigenvalue weighted by atomic mass is 35.5. The van der Waals surface area contributed by atoms with Crippen molar-refractivity contribution in [2.75, 3.05) is 49.9 Å². The van der Waals surface area contributed by atoms with Gasteiger partial charge in [0.15, 0.2) is 0 Å². The smallest absolute Gasteiger partial charge is 0.370 e. The molecule has 0 aliphatic carbocycles. The summed E-state index contributed by atoms with van der Waals surface area (Å²) in [6.07, 6.45) is 1.14. The molecule has 2 aromatic heterocycles. The van der Waals surface area contributed by atoms with Crippen LogP contribution in [0.5, 0.6) is 0 Å². The van der Waals surface area contributed by atoms with Crippen molar-refractivity contribution in [2.24, 2.45) is 17.2 Å². The maximum absolute atomic E-state index is 12.8. The van der Waals surface area contributed by atoms with Gasteiger partial charge in [-0.15, -0.1) is 0 Å². The molecule has 0 spiro atoms. The van der Waals surface area contributed by atoms with Crippen LogP contribution in [0.4, 0.5) is 24.8 Å². The number of rotatable bonds is 12. The second-order valence-corrected chi connectivity index (χ2v) is 9.72. The number of alkyl halides is 3. The highest BCUT2D eigenvalue weighted by molar-refractivity contribution is 6.30. The monoisotopic (exact) mass is 630 g/mol. The minimum absolute atomic E-state index is 0.000322. The lowest BCUT2D eigenvalue weighted by molar-refractivity contribution is -0.137. The number of halogens is 5. The largest absolute Gasteiger partial charge is 0.416 e. The Morgan fingerprint density at radius 1 is 0.786 bits per heavy atom. The third-order valence-corrected chi connectivity index (χ3v) is 5.61. The number of carbonyl (C=O) groups excluding carboxylic acids is 1. The summed E-state index contributed by atoms with van der Waals surface area (Å²) in [5.41, 5.74) is 15.0. The zero-order valence-electron chi connectivity index (χ0n) is 23.5. The van der Waals surface area contributed by atoms with Crippen LogP contribution in [-0.4, -0.2) is 55.1 Å². The summed E-state index contributed by atoms with van der Waals surface area (Å²) in [6, 6.07) is 10.4. The molecule has 14 heteroatoms. The number of nitrogens with one attached hydrogen (secondary N) is 3. The zero-order valence-corrected chi connectivity index (χ0v) is 25.0. The van der Waals surface area contributed by atoms with Crippen LogP contribution < -0.4 is 33.2 Å². The highest BCUT2D eigenvalue weighted by Crippen LogP contribution is 2.30. The fourth-order valence-corrected chi connectivity index (χ4v) is 3.31. The Hall–Kier alpha value is -3.16. The number of nitrogens with two attached hydrogens (primary N) is 3. The number of hydrogen-bond acceptors (Lipinski definition) is 8. The summed E-state index contributed by atoms with van der Waals surface area (Å²) < 4.78 is 38.4. The molecule has 0 bridgehead atoms. The van der Waals surface area contributed by atoms with E-state index in [4.69, 9.17) is 40.4 Å². The molecule has 1 amide bonds. The molecule has 42 heavy (non-hydrogen) atoms. The van der Waals surface area contributed by atoms with E-state index in [1.807, 2.05) is 6.07 Å². The number of anilines is 2. The van der Waals surface area contributed by atoms with Crippen molar-refractivity contribution in [2.45, 2.75) is 32.4 Å². The van der Waals surface area contributed by atoms with Gasteiger partial charge in [-0.1, -0.05) is 23.2 Å². The molecule has 1 aromatic carbocycles. The van der Waals surface area contributed by atoms with Crippen LogP contribution in [-0.2, 0) is 6.18 Å². The maximum atomic E-state index is 12.8. The molecular formula is C28H39Cl2F3N8O. The van der Waals surface area contributed by atoms with Crippen molar-refractivity contribution in [3.05, 3.63) is 81.6 Å². The van der Waals surface area contributed by atoms with Crippen molar-refractivity contribution < 1.29 is 18.0 Å². The van der Waals surface area contributed by atoms with E-state index in [1.165, 1.54) is 19.2 Å². The summed E-state index contributed by atoms with van der Waals surface area (Å²) in [4.78, 5) is 20.2. The third kappa shape index (κ3) is 16.3.